The number of esters is 3. The second-order valence-electron chi connectivity index (χ2n) is 16.0. The van der Waals surface area contributed by atoms with Crippen molar-refractivity contribution in [1.29, 1.82) is 0 Å². The molecule has 0 bridgehead atoms. The summed E-state index contributed by atoms with van der Waals surface area (Å²) in [4.78, 5) is 37.6. The fourth-order valence-electron chi connectivity index (χ4n) is 6.44. The lowest BCUT2D eigenvalue weighted by Gasteiger charge is -2.18. The van der Waals surface area contributed by atoms with Gasteiger partial charge >= 0.3 is 17.9 Å². The van der Waals surface area contributed by atoms with Gasteiger partial charge in [0.1, 0.15) is 13.2 Å². The molecule has 60 heavy (non-hydrogen) atoms. The van der Waals surface area contributed by atoms with Gasteiger partial charge in [0.05, 0.1) is 0 Å². The average Bonchev–Trinajstić information content (AvgIpc) is 3.24. The van der Waals surface area contributed by atoms with Crippen molar-refractivity contribution in [2.75, 3.05) is 13.2 Å². The van der Waals surface area contributed by atoms with Crippen LogP contribution in [0.4, 0.5) is 0 Å². The minimum atomic E-state index is -0.787. The quantitative estimate of drug-likeness (QED) is 0.0263. The van der Waals surface area contributed by atoms with Crippen molar-refractivity contribution in [3.05, 3.63) is 85.1 Å². The summed E-state index contributed by atoms with van der Waals surface area (Å²) >= 11 is 0. The SMILES string of the molecule is CC/C=C\C/C=C\C/C=C\C/C=C\C/C=C\C/C=C\CCCCCCC(=O)OCC(COC(=O)CCCCCCCC)OC(=O)CCCCCCC/C=C\CCCCCC. The van der Waals surface area contributed by atoms with Crippen LogP contribution in [-0.4, -0.2) is 37.2 Å². The summed E-state index contributed by atoms with van der Waals surface area (Å²) in [6.07, 6.45) is 61.6. The van der Waals surface area contributed by atoms with Gasteiger partial charge in [0.25, 0.3) is 0 Å². The number of rotatable bonds is 43. The van der Waals surface area contributed by atoms with E-state index in [0.29, 0.717) is 19.3 Å². The van der Waals surface area contributed by atoms with Crippen molar-refractivity contribution in [2.45, 2.75) is 226 Å². The normalized spacial score (nSPS) is 12.8. The molecule has 0 aliphatic rings. The first-order valence-electron chi connectivity index (χ1n) is 24.6. The van der Waals surface area contributed by atoms with E-state index in [1.807, 2.05) is 0 Å². The number of hydrogen-bond acceptors (Lipinski definition) is 6. The second-order valence-corrected chi connectivity index (χ2v) is 16.0. The van der Waals surface area contributed by atoms with Gasteiger partial charge in [-0.2, -0.15) is 0 Å². The van der Waals surface area contributed by atoms with Gasteiger partial charge in [-0.25, -0.2) is 0 Å². The molecule has 0 N–H and O–H groups in total. The maximum Gasteiger partial charge on any atom is 0.306 e. The molecule has 0 saturated heterocycles. The first kappa shape index (κ1) is 56.6. The molecule has 0 spiro atoms. The van der Waals surface area contributed by atoms with Crippen LogP contribution in [0, 0.1) is 0 Å². The highest BCUT2D eigenvalue weighted by atomic mass is 16.6. The van der Waals surface area contributed by atoms with Crippen LogP contribution in [0.1, 0.15) is 220 Å². The topological polar surface area (TPSA) is 78.9 Å². The van der Waals surface area contributed by atoms with Crippen molar-refractivity contribution in [3.63, 3.8) is 0 Å². The molecule has 0 aromatic heterocycles. The van der Waals surface area contributed by atoms with E-state index in [9.17, 15) is 14.4 Å². The van der Waals surface area contributed by atoms with Crippen LogP contribution in [0.2, 0.25) is 0 Å². The first-order chi connectivity index (χ1) is 29.5. The van der Waals surface area contributed by atoms with Gasteiger partial charge in [-0.1, -0.05) is 189 Å². The van der Waals surface area contributed by atoms with E-state index >= 15 is 0 Å². The second kappa shape index (κ2) is 48.3. The Bertz CT molecular complexity index is 1190. The predicted octanol–water partition coefficient (Wildman–Crippen LogP) is 16.0. The monoisotopic (exact) mass is 835 g/mol. The van der Waals surface area contributed by atoms with Crippen LogP contribution < -0.4 is 0 Å². The molecule has 0 rings (SSSR count). The van der Waals surface area contributed by atoms with E-state index in [0.717, 1.165) is 122 Å². The Labute approximate surface area is 369 Å². The Morgan fingerprint density at radius 1 is 0.350 bits per heavy atom. The lowest BCUT2D eigenvalue weighted by atomic mass is 10.1. The van der Waals surface area contributed by atoms with Crippen LogP contribution in [0.3, 0.4) is 0 Å². The van der Waals surface area contributed by atoms with Gasteiger partial charge in [0.15, 0.2) is 6.10 Å². The Morgan fingerprint density at radius 3 is 1.05 bits per heavy atom. The van der Waals surface area contributed by atoms with Crippen molar-refractivity contribution < 1.29 is 28.6 Å². The highest BCUT2D eigenvalue weighted by Gasteiger charge is 2.19. The molecule has 0 saturated carbocycles. The molecule has 0 aliphatic carbocycles. The number of ether oxygens (including phenoxy) is 3. The highest BCUT2D eigenvalue weighted by Crippen LogP contribution is 2.13. The summed E-state index contributed by atoms with van der Waals surface area (Å²) in [6.45, 7) is 6.40. The maximum atomic E-state index is 12.7. The Hall–Kier alpha value is -3.41. The molecule has 342 valence electrons. The molecule has 6 heteroatoms. The molecule has 1 unspecified atom stereocenters. The molecule has 0 fully saturated rings. The lowest BCUT2D eigenvalue weighted by Crippen LogP contribution is -2.30. The minimum absolute atomic E-state index is 0.0889. The van der Waals surface area contributed by atoms with Crippen molar-refractivity contribution in [1.82, 2.24) is 0 Å². The molecule has 6 nitrogen and oxygen atoms in total. The van der Waals surface area contributed by atoms with Crippen molar-refractivity contribution in [2.24, 2.45) is 0 Å². The van der Waals surface area contributed by atoms with Gasteiger partial charge < -0.3 is 14.2 Å². The van der Waals surface area contributed by atoms with Crippen LogP contribution in [0.25, 0.3) is 0 Å². The molecular weight excluding hydrogens is 745 g/mol. The van der Waals surface area contributed by atoms with Gasteiger partial charge in [0, 0.05) is 19.3 Å². The molecule has 0 aromatic carbocycles. The minimum Gasteiger partial charge on any atom is -0.462 e. The molecule has 0 heterocycles. The fraction of sp³-hybridized carbons (Fsp3) is 0.685. The van der Waals surface area contributed by atoms with Gasteiger partial charge in [-0.05, 0) is 96.3 Å². The third-order valence-corrected chi connectivity index (χ3v) is 10.1. The fourth-order valence-corrected chi connectivity index (χ4v) is 6.44. The van der Waals surface area contributed by atoms with Crippen LogP contribution in [0.5, 0.6) is 0 Å². The van der Waals surface area contributed by atoms with Crippen molar-refractivity contribution >= 4 is 17.9 Å². The zero-order valence-corrected chi connectivity index (χ0v) is 38.9. The van der Waals surface area contributed by atoms with Crippen LogP contribution in [0.15, 0.2) is 85.1 Å². The Morgan fingerprint density at radius 2 is 0.650 bits per heavy atom. The van der Waals surface area contributed by atoms with Gasteiger partial charge in [-0.3, -0.25) is 14.4 Å². The lowest BCUT2D eigenvalue weighted by molar-refractivity contribution is -0.167. The zero-order valence-electron chi connectivity index (χ0n) is 38.9. The summed E-state index contributed by atoms with van der Waals surface area (Å²) in [7, 11) is 0. The third-order valence-electron chi connectivity index (χ3n) is 10.1. The summed E-state index contributed by atoms with van der Waals surface area (Å²) in [5, 5.41) is 0. The van der Waals surface area contributed by atoms with E-state index in [1.54, 1.807) is 0 Å². The number of unbranched alkanes of at least 4 members (excludes halogenated alkanes) is 18. The third kappa shape index (κ3) is 45.7. The summed E-state index contributed by atoms with van der Waals surface area (Å²) in [6, 6.07) is 0. The van der Waals surface area contributed by atoms with E-state index in [1.165, 1.54) is 57.8 Å². The summed E-state index contributed by atoms with van der Waals surface area (Å²) < 4.78 is 16.6. The van der Waals surface area contributed by atoms with Crippen molar-refractivity contribution in [3.8, 4) is 0 Å². The highest BCUT2D eigenvalue weighted by molar-refractivity contribution is 5.71. The van der Waals surface area contributed by atoms with E-state index in [-0.39, 0.29) is 31.1 Å². The molecule has 1 atom stereocenters. The Kier molecular flexibility index (Phi) is 45.5. The average molecular weight is 835 g/mol. The van der Waals surface area contributed by atoms with E-state index < -0.39 is 6.10 Å². The summed E-state index contributed by atoms with van der Waals surface area (Å²) in [5.41, 5.74) is 0. The predicted molar refractivity (Wildman–Crippen MR) is 256 cm³/mol. The molecule has 0 aliphatic heterocycles. The largest absolute Gasteiger partial charge is 0.462 e. The maximum absolute atomic E-state index is 12.7. The summed E-state index contributed by atoms with van der Waals surface area (Å²) in [5.74, 6) is -0.938. The van der Waals surface area contributed by atoms with Crippen LogP contribution >= 0.6 is 0 Å². The number of hydrogen-bond donors (Lipinski definition) is 0. The molecule has 0 radical (unpaired) electrons. The smallest absolute Gasteiger partial charge is 0.306 e. The number of allylic oxidation sites excluding steroid dienone is 14. The van der Waals surface area contributed by atoms with Gasteiger partial charge in [0.2, 0.25) is 0 Å². The number of carbonyl (C=O) groups excluding carboxylic acids is 3. The molecular formula is C54H90O6. The van der Waals surface area contributed by atoms with Crippen LogP contribution in [-0.2, 0) is 28.6 Å². The standard InChI is InChI=1S/C54H90O6/c1-4-7-10-13-16-18-20-22-23-24-25-26-27-28-29-30-31-33-34-36-38-41-44-47-53(56)59-50-51(49-58-52(55)46-43-40-15-12-9-6-3)60-54(57)48-45-42-39-37-35-32-21-19-17-14-11-8-5-2/h7,10,16,18-19,21-23,25-26,28-29,31,33,51H,4-6,8-9,11-15,17,20,24,27,30,32,34-50H2,1-3H3/b10-7-,18-16-,21-19-,23-22-,26-25-,29-28-,33-31-. The molecule has 0 aromatic rings. The zero-order chi connectivity index (χ0) is 43.7. The van der Waals surface area contributed by atoms with E-state index in [2.05, 4.69) is 106 Å². The van der Waals surface area contributed by atoms with Gasteiger partial charge in [-0.15, -0.1) is 0 Å². The Balaban J connectivity index is 4.28. The molecule has 0 amide bonds. The van der Waals surface area contributed by atoms with E-state index in [4.69, 9.17) is 14.2 Å². The first-order valence-corrected chi connectivity index (χ1v) is 24.6. The number of carbonyl (C=O) groups is 3.